The van der Waals surface area contributed by atoms with E-state index in [0.717, 1.165) is 0 Å². The van der Waals surface area contributed by atoms with Gasteiger partial charge in [-0.2, -0.15) is 50.6 Å². The Hall–Kier alpha value is -0.123. The van der Waals surface area contributed by atoms with Gasteiger partial charge in [0.05, 0.1) is 0 Å². The fourth-order valence-electron chi connectivity index (χ4n) is 1.55. The minimum Gasteiger partial charge on any atom is -0.200 e. The highest BCUT2D eigenvalue weighted by molar-refractivity contribution is 7.20. The Morgan fingerprint density at radius 1 is 0.762 bits per heavy atom. The molecule has 11 heteroatoms. The minimum atomic E-state index is -6.82. The van der Waals surface area contributed by atoms with Crippen molar-refractivity contribution in [1.29, 1.82) is 0 Å². The molecule has 0 aliphatic rings. The first-order valence-electron chi connectivity index (χ1n) is 5.97. The third-order valence-electron chi connectivity index (χ3n) is 3.36. The fourth-order valence-corrected chi connectivity index (χ4v) is 3.80. The average Bonchev–Trinajstić information content (AvgIpc) is 2.34. The van der Waals surface area contributed by atoms with Gasteiger partial charge in [-0.3, -0.25) is 0 Å². The molecule has 0 aromatic heterocycles. The first kappa shape index (κ1) is 20.9. The molecule has 0 aliphatic heterocycles. The predicted octanol–water partition coefficient (Wildman–Crippen LogP) is 6.07. The van der Waals surface area contributed by atoms with Crippen molar-refractivity contribution in [3.8, 4) is 0 Å². The van der Waals surface area contributed by atoms with Gasteiger partial charge in [0.2, 0.25) is 0 Å². The molecule has 128 valence electrons. The van der Waals surface area contributed by atoms with E-state index in [4.69, 9.17) is 11.1 Å². The van der Waals surface area contributed by atoms with Gasteiger partial charge in [-0.25, -0.2) is 0 Å². The van der Waals surface area contributed by atoms with Crippen molar-refractivity contribution in [2.75, 3.05) is 0 Å². The zero-order chi connectivity index (χ0) is 17.3. The van der Waals surface area contributed by atoms with E-state index in [-0.39, 0.29) is 12.1 Å². The third-order valence-corrected chi connectivity index (χ3v) is 9.22. The van der Waals surface area contributed by atoms with Crippen LogP contribution in [0.2, 0.25) is 18.1 Å². The van der Waals surface area contributed by atoms with Gasteiger partial charge in [0.25, 0.3) is 0 Å². The second-order valence-electron chi connectivity index (χ2n) is 4.71. The minimum absolute atomic E-state index is 0.211. The Morgan fingerprint density at radius 2 is 1.14 bits per heavy atom. The Labute approximate surface area is 121 Å². The van der Waals surface area contributed by atoms with E-state index in [1.807, 2.05) is 0 Å². The molecule has 0 rings (SSSR count). The van der Waals surface area contributed by atoms with Crippen LogP contribution in [0, 0.1) is 0 Å². The number of hydrogen-bond donors (Lipinski definition) is 0. The van der Waals surface area contributed by atoms with E-state index in [9.17, 15) is 39.5 Å². The molecule has 0 unspecified atom stereocenters. The largest absolute Gasteiger partial charge is 0.460 e. The van der Waals surface area contributed by atoms with Crippen molar-refractivity contribution in [2.24, 2.45) is 0 Å². The quantitative estimate of drug-likeness (QED) is 0.291. The molecule has 0 saturated carbocycles. The molecular weight excluding hydrogens is 355 g/mol. The maximum Gasteiger partial charge on any atom is 0.460 e. The second-order valence-corrected chi connectivity index (χ2v) is 11.3. The van der Waals surface area contributed by atoms with Gasteiger partial charge in [-0.05, 0) is 18.1 Å². The summed E-state index contributed by atoms with van der Waals surface area (Å²) >= 11 is 5.92. The van der Waals surface area contributed by atoms with Crippen LogP contribution in [0.4, 0.5) is 39.5 Å². The third kappa shape index (κ3) is 3.99. The molecule has 0 bridgehead atoms. The lowest BCUT2D eigenvalue weighted by Crippen LogP contribution is -2.61. The molecule has 0 saturated heterocycles. The topological polar surface area (TPSA) is 0 Å². The van der Waals surface area contributed by atoms with Crippen LogP contribution in [0.15, 0.2) is 0 Å². The van der Waals surface area contributed by atoms with Crippen LogP contribution in [-0.4, -0.2) is 31.3 Å². The first-order valence-corrected chi connectivity index (χ1v) is 9.60. The molecule has 0 amide bonds. The summed E-state index contributed by atoms with van der Waals surface area (Å²) in [5.41, 5.74) is 0. The van der Waals surface area contributed by atoms with Gasteiger partial charge >= 0.3 is 23.9 Å². The summed E-state index contributed by atoms with van der Waals surface area (Å²) in [6.45, 7) is 3.03. The highest BCUT2D eigenvalue weighted by Crippen LogP contribution is 2.54. The summed E-state index contributed by atoms with van der Waals surface area (Å²) in [5.74, 6) is -18.9. The zero-order valence-corrected chi connectivity index (χ0v) is 12.9. The Bertz CT molecular complexity index is 349. The Balaban J connectivity index is 5.31. The van der Waals surface area contributed by atoms with Gasteiger partial charge in [0, 0.05) is 6.42 Å². The molecule has 0 radical (unpaired) electrons. The number of alkyl halides is 9. The van der Waals surface area contributed by atoms with Crippen LogP contribution in [-0.2, 0) is 0 Å². The first-order chi connectivity index (χ1) is 9.08. The maximum absolute atomic E-state index is 13.3. The smallest absolute Gasteiger partial charge is 0.200 e. The highest BCUT2D eigenvalue weighted by atomic mass is 35.6. The van der Waals surface area contributed by atoms with E-state index in [2.05, 4.69) is 0 Å². The molecule has 0 nitrogen and oxygen atoms in total. The lowest BCUT2D eigenvalue weighted by atomic mass is 10.0. The number of rotatable bonds is 7. The van der Waals surface area contributed by atoms with Crippen molar-refractivity contribution in [3.05, 3.63) is 0 Å². The van der Waals surface area contributed by atoms with E-state index >= 15 is 0 Å². The summed E-state index contributed by atoms with van der Waals surface area (Å²) < 4.78 is 113. The van der Waals surface area contributed by atoms with Gasteiger partial charge in [-0.15, -0.1) is 0 Å². The highest BCUT2D eigenvalue weighted by Gasteiger charge is 2.81. The number of hydrogen-bond acceptors (Lipinski definition) is 0. The molecule has 0 aromatic rings. The summed E-state index contributed by atoms with van der Waals surface area (Å²) in [5, 5.41) is 0. The fraction of sp³-hybridized carbons (Fsp3) is 1.00. The van der Waals surface area contributed by atoms with E-state index in [0.29, 0.717) is 0 Å². The van der Waals surface area contributed by atoms with Crippen molar-refractivity contribution in [1.82, 2.24) is 0 Å². The second kappa shape index (κ2) is 6.17. The van der Waals surface area contributed by atoms with E-state index < -0.39 is 43.8 Å². The van der Waals surface area contributed by atoms with Crippen LogP contribution in [0.5, 0.6) is 0 Å². The predicted molar refractivity (Wildman–Crippen MR) is 62.9 cm³/mol. The molecule has 0 heterocycles. The lowest BCUT2D eigenvalue weighted by Gasteiger charge is -2.34. The van der Waals surface area contributed by atoms with Crippen LogP contribution in [0.1, 0.15) is 20.3 Å². The van der Waals surface area contributed by atoms with Crippen molar-refractivity contribution >= 4 is 18.5 Å². The molecule has 0 aromatic carbocycles. The van der Waals surface area contributed by atoms with E-state index in [1.54, 1.807) is 0 Å². The van der Waals surface area contributed by atoms with Crippen LogP contribution in [0.25, 0.3) is 0 Å². The monoisotopic (exact) mass is 368 g/mol. The van der Waals surface area contributed by atoms with Crippen LogP contribution >= 0.6 is 11.1 Å². The van der Waals surface area contributed by atoms with Gasteiger partial charge < -0.3 is 0 Å². The SMILES string of the molecule is CC[Si](Cl)(CC)CCC(F)(F)C(F)(F)C(F)(F)C(F)(F)F. The summed E-state index contributed by atoms with van der Waals surface area (Å²) in [7, 11) is -2.86. The van der Waals surface area contributed by atoms with E-state index in [1.165, 1.54) is 13.8 Å². The Kier molecular flexibility index (Phi) is 6.14. The maximum atomic E-state index is 13.3. The molecule has 0 aliphatic carbocycles. The van der Waals surface area contributed by atoms with Crippen molar-refractivity contribution < 1.29 is 39.5 Å². The molecular formula is C10H14ClF9Si. The van der Waals surface area contributed by atoms with Gasteiger partial charge in [-0.1, -0.05) is 13.8 Å². The van der Waals surface area contributed by atoms with Gasteiger partial charge in [0.15, 0.2) is 7.38 Å². The Morgan fingerprint density at radius 3 is 1.43 bits per heavy atom. The zero-order valence-electron chi connectivity index (χ0n) is 11.1. The number of halogens is 10. The lowest BCUT2D eigenvalue weighted by molar-refractivity contribution is -0.396. The summed E-state index contributed by atoms with van der Waals surface area (Å²) in [4.78, 5) is 0. The molecule has 0 N–H and O–H groups in total. The standard InChI is InChI=1S/C10H14ClF9Si/c1-3-21(11,4-2)6-5-7(12,13)8(14,15)9(16,17)10(18,19)20/h3-6H2,1-2H3. The van der Waals surface area contributed by atoms with Gasteiger partial charge in [0.1, 0.15) is 0 Å². The molecule has 0 fully saturated rings. The van der Waals surface area contributed by atoms with Crippen LogP contribution < -0.4 is 0 Å². The van der Waals surface area contributed by atoms with Crippen molar-refractivity contribution in [3.63, 3.8) is 0 Å². The molecule has 0 spiro atoms. The normalized spacial score (nSPS) is 15.4. The molecule has 0 atom stereocenters. The van der Waals surface area contributed by atoms with Crippen LogP contribution in [0.3, 0.4) is 0 Å². The summed E-state index contributed by atoms with van der Waals surface area (Å²) in [6.07, 6.45) is -8.59. The van der Waals surface area contributed by atoms with Crippen molar-refractivity contribution in [2.45, 2.75) is 62.3 Å². The average molecular weight is 369 g/mol. The molecule has 21 heavy (non-hydrogen) atoms. The summed E-state index contributed by atoms with van der Waals surface area (Å²) in [6, 6.07) is -0.261.